The van der Waals surface area contributed by atoms with Crippen LogP contribution in [0.2, 0.25) is 19.6 Å². The van der Waals surface area contributed by atoms with Gasteiger partial charge in [-0.05, 0) is 62.3 Å². The van der Waals surface area contributed by atoms with E-state index in [9.17, 15) is 5.26 Å². The summed E-state index contributed by atoms with van der Waals surface area (Å²) in [5.74, 6) is 0.501. The van der Waals surface area contributed by atoms with Crippen molar-refractivity contribution >= 4 is 35.2 Å². The average molecular weight is 924 g/mol. The Balaban J connectivity index is 0.000000190. The van der Waals surface area contributed by atoms with Gasteiger partial charge in [0.25, 0.3) is 0 Å². The molecule has 0 fully saturated rings. The molecular weight excluding hydrogens is 879 g/mol. The fraction of sp³-hybridized carbons (Fsp3) is 0.180. The molecule has 0 atom stereocenters. The predicted molar refractivity (Wildman–Crippen MR) is 230 cm³/mol. The summed E-state index contributed by atoms with van der Waals surface area (Å²) in [4.78, 5) is 9.42. The van der Waals surface area contributed by atoms with E-state index < -0.39 is 8.07 Å². The average Bonchev–Trinajstić information content (AvgIpc) is 3.61. The third-order valence-electron chi connectivity index (χ3n) is 10.4. The molecule has 0 bridgehead atoms. The second kappa shape index (κ2) is 16.7. The molecule has 6 heteroatoms. The van der Waals surface area contributed by atoms with Gasteiger partial charge in [0, 0.05) is 49.4 Å². The van der Waals surface area contributed by atoms with Crippen LogP contribution >= 0.6 is 0 Å². The number of hydrogen-bond donors (Lipinski definition) is 0. The van der Waals surface area contributed by atoms with Crippen LogP contribution in [0, 0.1) is 23.5 Å². The number of nitriles is 1. The first-order valence-corrected chi connectivity index (χ1v) is 22.3. The maximum Gasteiger partial charge on any atom is 0.120 e. The number of rotatable bonds is 7. The summed E-state index contributed by atoms with van der Waals surface area (Å²) >= 11 is 0. The largest absolute Gasteiger partial charge is 0.501 e. The quantitative estimate of drug-likeness (QED) is 0.118. The van der Waals surface area contributed by atoms with Gasteiger partial charge < -0.3 is 14.4 Å². The van der Waals surface area contributed by atoms with Crippen LogP contribution < -0.4 is 5.19 Å². The number of aromatic nitrogens is 2. The standard InChI is InChI=1S/C27H19N2O.C23H26NSi.Ir/c1-27(2,19-8-4-3-5-9-19)20-14-15-29-23(16-20)21-13-12-18(17-28)25-22-10-6-7-11-24(22)30-26(21)25;1-17(2)21-15-22(24-16-23(21)25(3,4)5)20-13-9-12-19(14-20)18-10-7-6-8-11-18;/h3-12,14-16H,1-2H3;6-12,14-17H,1-5H3;/q2*-1;. The van der Waals surface area contributed by atoms with Crippen LogP contribution in [0.15, 0.2) is 144 Å². The summed E-state index contributed by atoms with van der Waals surface area (Å²) in [6.07, 6.45) is 3.94. The summed E-state index contributed by atoms with van der Waals surface area (Å²) in [7, 11) is -1.40. The van der Waals surface area contributed by atoms with E-state index in [2.05, 4.69) is 156 Å². The molecular formula is C50H45IrN3OSi-2. The summed E-state index contributed by atoms with van der Waals surface area (Å²) < 4.78 is 6.17. The molecule has 0 aliphatic heterocycles. The molecule has 8 aromatic rings. The number of nitrogens with zero attached hydrogens (tertiary/aromatic N) is 3. The Morgan fingerprint density at radius 2 is 1.45 bits per heavy atom. The molecule has 0 spiro atoms. The van der Waals surface area contributed by atoms with Gasteiger partial charge in [-0.15, -0.1) is 47.5 Å². The van der Waals surface area contributed by atoms with Crippen LogP contribution in [-0.2, 0) is 25.5 Å². The Morgan fingerprint density at radius 3 is 2.14 bits per heavy atom. The van der Waals surface area contributed by atoms with E-state index in [0.717, 1.165) is 44.4 Å². The van der Waals surface area contributed by atoms with E-state index in [0.29, 0.717) is 17.1 Å². The molecule has 4 nitrogen and oxygen atoms in total. The maximum absolute atomic E-state index is 9.62. The van der Waals surface area contributed by atoms with Crippen molar-refractivity contribution < 1.29 is 24.5 Å². The number of fused-ring (bicyclic) bond motifs is 3. The molecule has 0 aliphatic rings. The minimum atomic E-state index is -1.40. The molecule has 3 aromatic heterocycles. The fourth-order valence-corrected chi connectivity index (χ4v) is 8.85. The van der Waals surface area contributed by atoms with E-state index >= 15 is 0 Å². The van der Waals surface area contributed by atoms with E-state index in [1.165, 1.54) is 27.4 Å². The van der Waals surface area contributed by atoms with Crippen LogP contribution in [0.25, 0.3) is 55.6 Å². The van der Waals surface area contributed by atoms with Gasteiger partial charge in [0.2, 0.25) is 0 Å². The molecule has 0 saturated carbocycles. The summed E-state index contributed by atoms with van der Waals surface area (Å²) in [5.41, 5.74) is 11.7. The van der Waals surface area contributed by atoms with Crippen LogP contribution in [0.1, 0.15) is 55.9 Å². The molecule has 0 amide bonds. The summed E-state index contributed by atoms with van der Waals surface area (Å²) in [5, 5.41) is 12.8. The van der Waals surface area contributed by atoms with Crippen molar-refractivity contribution in [2.24, 2.45) is 0 Å². The van der Waals surface area contributed by atoms with Crippen LogP contribution in [0.4, 0.5) is 0 Å². The minimum Gasteiger partial charge on any atom is -0.501 e. The third kappa shape index (κ3) is 8.22. The first-order chi connectivity index (χ1) is 26.5. The fourth-order valence-electron chi connectivity index (χ4n) is 7.17. The second-order valence-corrected chi connectivity index (χ2v) is 20.9. The number of furan rings is 1. The third-order valence-corrected chi connectivity index (χ3v) is 12.4. The van der Waals surface area contributed by atoms with Crippen LogP contribution in [-0.4, -0.2) is 18.0 Å². The van der Waals surface area contributed by atoms with Crippen molar-refractivity contribution in [1.82, 2.24) is 9.97 Å². The monoisotopic (exact) mass is 924 g/mol. The number of hydrogen-bond acceptors (Lipinski definition) is 4. The number of benzene rings is 5. The molecule has 0 aliphatic carbocycles. The zero-order valence-corrected chi connectivity index (χ0v) is 36.3. The van der Waals surface area contributed by atoms with Gasteiger partial charge in [-0.2, -0.15) is 0 Å². The van der Waals surface area contributed by atoms with Crippen molar-refractivity contribution in [3.63, 3.8) is 0 Å². The Morgan fingerprint density at radius 1 is 0.750 bits per heavy atom. The summed E-state index contributed by atoms with van der Waals surface area (Å²) in [6.45, 7) is 16.1. The Labute approximate surface area is 345 Å². The molecule has 0 saturated heterocycles. The van der Waals surface area contributed by atoms with Gasteiger partial charge >= 0.3 is 0 Å². The molecule has 1 radical (unpaired) electrons. The van der Waals surface area contributed by atoms with E-state index in [4.69, 9.17) is 9.40 Å². The van der Waals surface area contributed by atoms with E-state index in [-0.39, 0.29) is 25.5 Å². The minimum absolute atomic E-state index is 0. The normalized spacial score (nSPS) is 11.5. The topological polar surface area (TPSA) is 62.7 Å². The number of pyridine rings is 2. The molecule has 3 heterocycles. The molecule has 0 N–H and O–H groups in total. The Kier molecular flexibility index (Phi) is 12.0. The van der Waals surface area contributed by atoms with Crippen molar-refractivity contribution in [3.8, 4) is 39.7 Å². The van der Waals surface area contributed by atoms with Crippen molar-refractivity contribution in [3.05, 3.63) is 174 Å². The molecule has 5 aromatic carbocycles. The first-order valence-electron chi connectivity index (χ1n) is 18.8. The van der Waals surface area contributed by atoms with Gasteiger partial charge in [0.15, 0.2) is 0 Å². The maximum atomic E-state index is 9.62. The zero-order chi connectivity index (χ0) is 38.7. The van der Waals surface area contributed by atoms with E-state index in [1.54, 1.807) is 6.07 Å². The zero-order valence-electron chi connectivity index (χ0n) is 32.9. The smallest absolute Gasteiger partial charge is 0.120 e. The van der Waals surface area contributed by atoms with Gasteiger partial charge in [-0.1, -0.05) is 149 Å². The van der Waals surface area contributed by atoms with Gasteiger partial charge in [-0.3, -0.25) is 0 Å². The van der Waals surface area contributed by atoms with Crippen LogP contribution in [0.3, 0.4) is 0 Å². The SMILES string of the molecule is CC(C)(c1ccccc1)c1ccnc(-c2[c-]cc(C#N)c3c2oc2ccccc23)c1.CC(C)c1cc(-c2[c-]ccc(-c3ccccc3)c2)ncc1[Si](C)(C)C.[Ir]. The van der Waals surface area contributed by atoms with Crippen molar-refractivity contribution in [1.29, 1.82) is 5.26 Å². The Hall–Kier alpha value is -5.44. The number of para-hydroxylation sites is 1. The molecule has 56 heavy (non-hydrogen) atoms. The van der Waals surface area contributed by atoms with Gasteiger partial charge in [-0.25, -0.2) is 5.26 Å². The Bertz CT molecular complexity index is 2650. The molecule has 8 rings (SSSR count). The van der Waals surface area contributed by atoms with Crippen molar-refractivity contribution in [2.45, 2.75) is 58.7 Å². The van der Waals surface area contributed by atoms with Gasteiger partial charge in [0.1, 0.15) is 5.58 Å². The van der Waals surface area contributed by atoms with Crippen LogP contribution in [0.5, 0.6) is 0 Å². The summed E-state index contributed by atoms with van der Waals surface area (Å²) in [6, 6.07) is 52.0. The van der Waals surface area contributed by atoms with E-state index in [1.807, 2.05) is 48.7 Å². The predicted octanol–water partition coefficient (Wildman–Crippen LogP) is 12.5. The van der Waals surface area contributed by atoms with Crippen molar-refractivity contribution in [2.75, 3.05) is 0 Å². The second-order valence-electron chi connectivity index (χ2n) is 15.8. The molecule has 281 valence electrons. The molecule has 0 unspecified atom stereocenters. The van der Waals surface area contributed by atoms with Gasteiger partial charge in [0.05, 0.1) is 13.7 Å². The first kappa shape index (κ1) is 40.2.